The monoisotopic (exact) mass is 418 g/mol. The predicted octanol–water partition coefficient (Wildman–Crippen LogP) is 3.74. The first-order chi connectivity index (χ1) is 15.0. The fourth-order valence-electron chi connectivity index (χ4n) is 4.23. The van der Waals surface area contributed by atoms with Crippen LogP contribution in [0, 0.1) is 13.8 Å². The lowest BCUT2D eigenvalue weighted by molar-refractivity contribution is -0.117. The van der Waals surface area contributed by atoms with E-state index in [-0.39, 0.29) is 11.8 Å². The maximum atomic E-state index is 13.0. The fraction of sp³-hybridized carbons (Fsp3) is 0.360. The molecule has 162 valence electrons. The molecule has 6 heteroatoms. The Morgan fingerprint density at radius 3 is 2.52 bits per heavy atom. The summed E-state index contributed by atoms with van der Waals surface area (Å²) in [4.78, 5) is 32.9. The molecule has 31 heavy (non-hydrogen) atoms. The number of nitrogens with zero attached hydrogens (tertiary/aromatic N) is 2. The van der Waals surface area contributed by atoms with Crippen molar-refractivity contribution in [1.29, 1.82) is 0 Å². The molecule has 1 aliphatic heterocycles. The summed E-state index contributed by atoms with van der Waals surface area (Å²) in [5.74, 6) is 0.0468. The van der Waals surface area contributed by atoms with Gasteiger partial charge in [0.25, 0.3) is 5.91 Å². The smallest absolute Gasteiger partial charge is 0.253 e. The van der Waals surface area contributed by atoms with Gasteiger partial charge in [0, 0.05) is 54.0 Å². The highest BCUT2D eigenvalue weighted by atomic mass is 16.2. The maximum Gasteiger partial charge on any atom is 0.253 e. The van der Waals surface area contributed by atoms with Crippen LogP contribution in [0.3, 0.4) is 0 Å². The Morgan fingerprint density at radius 2 is 1.77 bits per heavy atom. The quantitative estimate of drug-likeness (QED) is 0.663. The van der Waals surface area contributed by atoms with E-state index in [4.69, 9.17) is 0 Å². The van der Waals surface area contributed by atoms with E-state index >= 15 is 0 Å². The van der Waals surface area contributed by atoms with Crippen molar-refractivity contribution in [3.05, 3.63) is 64.8 Å². The summed E-state index contributed by atoms with van der Waals surface area (Å²) >= 11 is 0. The number of H-pyrrole nitrogens is 1. The Kier molecular flexibility index (Phi) is 6.09. The van der Waals surface area contributed by atoms with Gasteiger partial charge < -0.3 is 15.2 Å². The molecule has 2 aromatic carbocycles. The van der Waals surface area contributed by atoms with Crippen LogP contribution in [0.5, 0.6) is 0 Å². The molecule has 0 spiro atoms. The van der Waals surface area contributed by atoms with E-state index in [0.717, 1.165) is 39.8 Å². The van der Waals surface area contributed by atoms with Gasteiger partial charge in [0.1, 0.15) is 0 Å². The summed E-state index contributed by atoms with van der Waals surface area (Å²) in [6.45, 7) is 9.18. The van der Waals surface area contributed by atoms with Crippen LogP contribution in [-0.2, 0) is 11.2 Å². The lowest BCUT2D eigenvalue weighted by Gasteiger charge is -2.34. The minimum Gasteiger partial charge on any atom is -0.358 e. The van der Waals surface area contributed by atoms with Crippen LogP contribution in [0.15, 0.2) is 42.5 Å². The molecule has 1 aromatic heterocycles. The Balaban J connectivity index is 1.33. The average Bonchev–Trinajstić information content (AvgIpc) is 3.07. The zero-order valence-corrected chi connectivity index (χ0v) is 18.5. The summed E-state index contributed by atoms with van der Waals surface area (Å²) < 4.78 is 0. The van der Waals surface area contributed by atoms with Gasteiger partial charge >= 0.3 is 0 Å². The first-order valence-corrected chi connectivity index (χ1v) is 10.9. The molecule has 4 rings (SSSR count). The summed E-state index contributed by atoms with van der Waals surface area (Å²) in [6.07, 6.45) is 0.880. The van der Waals surface area contributed by atoms with Gasteiger partial charge in [-0.25, -0.2) is 0 Å². The highest BCUT2D eigenvalue weighted by molar-refractivity contribution is 5.99. The molecule has 0 aliphatic carbocycles. The van der Waals surface area contributed by atoms with E-state index in [1.807, 2.05) is 54.3 Å². The molecule has 0 radical (unpaired) electrons. The van der Waals surface area contributed by atoms with Crippen molar-refractivity contribution in [2.75, 3.05) is 38.0 Å². The lowest BCUT2D eigenvalue weighted by Crippen LogP contribution is -2.50. The Bertz CT molecular complexity index is 1110. The SMILES string of the molecule is CCc1ccccc1NC(=O)CN1CCN(C(=O)c2ccc3[nH]c(C)c(C)c3c2)CC1. The summed E-state index contributed by atoms with van der Waals surface area (Å²) in [5, 5.41) is 4.13. The van der Waals surface area contributed by atoms with E-state index in [2.05, 4.69) is 29.0 Å². The second-order valence-electron chi connectivity index (χ2n) is 8.26. The Hall–Kier alpha value is -3.12. The molecule has 2 N–H and O–H groups in total. The number of aromatic amines is 1. The van der Waals surface area contributed by atoms with E-state index in [1.165, 1.54) is 5.56 Å². The van der Waals surface area contributed by atoms with Crippen LogP contribution in [0.25, 0.3) is 10.9 Å². The first kappa shape index (κ1) is 21.1. The minimum atomic E-state index is -0.00979. The predicted molar refractivity (Wildman–Crippen MR) is 125 cm³/mol. The summed E-state index contributed by atoms with van der Waals surface area (Å²) in [7, 11) is 0. The second kappa shape index (κ2) is 8.94. The number of hydrogen-bond acceptors (Lipinski definition) is 3. The number of para-hydroxylation sites is 1. The standard InChI is InChI=1S/C25H30N4O2/c1-4-19-7-5-6-8-22(19)27-24(30)16-28-11-13-29(14-12-28)25(31)20-9-10-23-21(15-20)17(2)18(3)26-23/h5-10,15,26H,4,11-14,16H2,1-3H3,(H,27,30). The van der Waals surface area contributed by atoms with Gasteiger partial charge in [0.05, 0.1) is 6.54 Å². The van der Waals surface area contributed by atoms with Gasteiger partial charge in [-0.2, -0.15) is 0 Å². The van der Waals surface area contributed by atoms with E-state index < -0.39 is 0 Å². The number of rotatable bonds is 5. The molecular weight excluding hydrogens is 388 g/mol. The van der Waals surface area contributed by atoms with Crippen molar-refractivity contribution in [2.24, 2.45) is 0 Å². The average molecular weight is 419 g/mol. The number of carbonyl (C=O) groups is 2. The van der Waals surface area contributed by atoms with Gasteiger partial charge in [-0.3, -0.25) is 14.5 Å². The molecule has 0 atom stereocenters. The van der Waals surface area contributed by atoms with Gasteiger partial charge in [0.2, 0.25) is 5.91 Å². The molecule has 2 heterocycles. The molecule has 0 unspecified atom stereocenters. The second-order valence-corrected chi connectivity index (χ2v) is 8.26. The molecule has 1 fully saturated rings. The highest BCUT2D eigenvalue weighted by Gasteiger charge is 2.24. The molecule has 1 saturated heterocycles. The third kappa shape index (κ3) is 4.49. The first-order valence-electron chi connectivity index (χ1n) is 10.9. The zero-order valence-electron chi connectivity index (χ0n) is 18.5. The third-order valence-corrected chi connectivity index (χ3v) is 6.25. The number of amides is 2. The number of nitrogens with one attached hydrogen (secondary N) is 2. The fourth-order valence-corrected chi connectivity index (χ4v) is 4.23. The number of carbonyl (C=O) groups excluding carboxylic acids is 2. The van der Waals surface area contributed by atoms with Gasteiger partial charge in [0.15, 0.2) is 0 Å². The number of hydrogen-bond donors (Lipinski definition) is 2. The van der Waals surface area contributed by atoms with Crippen LogP contribution in [0.1, 0.15) is 34.1 Å². The molecule has 2 amide bonds. The maximum absolute atomic E-state index is 13.0. The molecular formula is C25H30N4O2. The van der Waals surface area contributed by atoms with Crippen molar-refractivity contribution in [3.8, 4) is 0 Å². The van der Waals surface area contributed by atoms with Crippen molar-refractivity contribution in [3.63, 3.8) is 0 Å². The van der Waals surface area contributed by atoms with Gasteiger partial charge in [-0.1, -0.05) is 25.1 Å². The van der Waals surface area contributed by atoms with Crippen molar-refractivity contribution < 1.29 is 9.59 Å². The molecule has 6 nitrogen and oxygen atoms in total. The van der Waals surface area contributed by atoms with Crippen LogP contribution < -0.4 is 5.32 Å². The van der Waals surface area contributed by atoms with Crippen molar-refractivity contribution in [2.45, 2.75) is 27.2 Å². The minimum absolute atomic E-state index is 0.00979. The van der Waals surface area contributed by atoms with E-state index in [1.54, 1.807) is 0 Å². The number of aromatic nitrogens is 1. The number of fused-ring (bicyclic) bond motifs is 1. The van der Waals surface area contributed by atoms with Crippen molar-refractivity contribution >= 4 is 28.4 Å². The van der Waals surface area contributed by atoms with Crippen LogP contribution >= 0.6 is 0 Å². The van der Waals surface area contributed by atoms with Gasteiger partial charge in [-0.05, 0) is 55.7 Å². The summed E-state index contributed by atoms with van der Waals surface area (Å²) in [5.41, 5.74) is 6.12. The number of piperazine rings is 1. The normalized spacial score (nSPS) is 14.7. The Labute approximate surface area is 183 Å². The van der Waals surface area contributed by atoms with Gasteiger partial charge in [-0.15, -0.1) is 0 Å². The molecule has 0 saturated carbocycles. The molecule has 1 aliphatic rings. The van der Waals surface area contributed by atoms with Crippen LogP contribution in [-0.4, -0.2) is 59.3 Å². The topological polar surface area (TPSA) is 68.4 Å². The number of anilines is 1. The largest absolute Gasteiger partial charge is 0.358 e. The Morgan fingerprint density at radius 1 is 1.03 bits per heavy atom. The van der Waals surface area contributed by atoms with Crippen molar-refractivity contribution in [1.82, 2.24) is 14.8 Å². The highest BCUT2D eigenvalue weighted by Crippen LogP contribution is 2.23. The number of benzene rings is 2. The number of aryl methyl sites for hydroxylation is 3. The van der Waals surface area contributed by atoms with Crippen LogP contribution in [0.2, 0.25) is 0 Å². The zero-order chi connectivity index (χ0) is 22.0. The van der Waals surface area contributed by atoms with E-state index in [0.29, 0.717) is 32.7 Å². The van der Waals surface area contributed by atoms with Crippen LogP contribution in [0.4, 0.5) is 5.69 Å². The summed E-state index contributed by atoms with van der Waals surface area (Å²) in [6, 6.07) is 13.8. The third-order valence-electron chi connectivity index (χ3n) is 6.25. The van der Waals surface area contributed by atoms with E-state index in [9.17, 15) is 9.59 Å². The molecule has 3 aromatic rings. The lowest BCUT2D eigenvalue weighted by atomic mass is 10.1. The molecule has 0 bridgehead atoms.